The van der Waals surface area contributed by atoms with E-state index in [4.69, 9.17) is 11.6 Å². The first-order valence-corrected chi connectivity index (χ1v) is 5.16. The van der Waals surface area contributed by atoms with Crippen LogP contribution in [0.15, 0.2) is 29.2 Å². The molecule has 78 valence electrons. The van der Waals surface area contributed by atoms with Gasteiger partial charge in [-0.05, 0) is 18.1 Å². The van der Waals surface area contributed by atoms with Crippen LogP contribution < -0.4 is 5.56 Å². The van der Waals surface area contributed by atoms with Crippen LogP contribution in [0.5, 0.6) is 0 Å². The molecule has 2 rings (SSSR count). The molecule has 0 saturated carbocycles. The third-order valence-electron chi connectivity index (χ3n) is 2.30. The number of pyridine rings is 1. The molecular formula is C11H11ClN2O. The number of rotatable bonds is 1. The van der Waals surface area contributed by atoms with Gasteiger partial charge in [-0.2, -0.15) is 0 Å². The Morgan fingerprint density at radius 3 is 2.80 bits per heavy atom. The molecule has 2 aromatic heterocycles. The summed E-state index contributed by atoms with van der Waals surface area (Å²) in [6, 6.07) is 5.39. The minimum absolute atomic E-state index is 0.0783. The van der Waals surface area contributed by atoms with Crippen LogP contribution in [0.1, 0.15) is 25.3 Å². The zero-order chi connectivity index (χ0) is 11.0. The lowest BCUT2D eigenvalue weighted by Crippen LogP contribution is -2.20. The molecule has 0 saturated heterocycles. The Balaban J connectivity index is 2.91. The maximum atomic E-state index is 12.0. The van der Waals surface area contributed by atoms with E-state index in [9.17, 15) is 4.79 Å². The summed E-state index contributed by atoms with van der Waals surface area (Å²) in [7, 11) is 0. The van der Waals surface area contributed by atoms with Gasteiger partial charge in [-0.25, -0.2) is 4.98 Å². The molecule has 4 heteroatoms. The molecular weight excluding hydrogens is 212 g/mol. The van der Waals surface area contributed by atoms with E-state index >= 15 is 0 Å². The Bertz CT molecular complexity index is 560. The van der Waals surface area contributed by atoms with E-state index in [1.807, 2.05) is 19.9 Å². The summed E-state index contributed by atoms with van der Waals surface area (Å²) in [6.45, 7) is 3.86. The SMILES string of the molecule is CC(C)c1c(Cl)nc2ccccn2c1=O. The first-order valence-electron chi connectivity index (χ1n) is 4.78. The molecule has 0 fully saturated rings. The van der Waals surface area contributed by atoms with Gasteiger partial charge in [0.25, 0.3) is 5.56 Å². The highest BCUT2D eigenvalue weighted by molar-refractivity contribution is 6.30. The fourth-order valence-electron chi connectivity index (χ4n) is 1.56. The number of hydrogen-bond donors (Lipinski definition) is 0. The third kappa shape index (κ3) is 1.63. The van der Waals surface area contributed by atoms with Crippen molar-refractivity contribution in [2.75, 3.05) is 0 Å². The van der Waals surface area contributed by atoms with Crippen molar-refractivity contribution in [1.29, 1.82) is 0 Å². The molecule has 0 atom stereocenters. The van der Waals surface area contributed by atoms with Gasteiger partial charge in [0.2, 0.25) is 0 Å². The van der Waals surface area contributed by atoms with E-state index in [1.54, 1.807) is 18.3 Å². The van der Waals surface area contributed by atoms with Crippen LogP contribution in [-0.2, 0) is 0 Å². The van der Waals surface area contributed by atoms with Crippen molar-refractivity contribution in [3.8, 4) is 0 Å². The first-order chi connectivity index (χ1) is 7.11. The van der Waals surface area contributed by atoms with Gasteiger partial charge in [-0.15, -0.1) is 0 Å². The van der Waals surface area contributed by atoms with Gasteiger partial charge in [0.15, 0.2) is 0 Å². The Hall–Kier alpha value is -1.35. The number of nitrogens with zero attached hydrogens (tertiary/aromatic N) is 2. The molecule has 0 aliphatic heterocycles. The Morgan fingerprint density at radius 2 is 2.13 bits per heavy atom. The minimum Gasteiger partial charge on any atom is -0.269 e. The lowest BCUT2D eigenvalue weighted by molar-refractivity contribution is 0.822. The zero-order valence-corrected chi connectivity index (χ0v) is 9.32. The van der Waals surface area contributed by atoms with Crippen molar-refractivity contribution in [1.82, 2.24) is 9.38 Å². The second-order valence-electron chi connectivity index (χ2n) is 3.70. The van der Waals surface area contributed by atoms with Crippen LogP contribution in [0, 0.1) is 0 Å². The van der Waals surface area contributed by atoms with Crippen LogP contribution in [-0.4, -0.2) is 9.38 Å². The molecule has 0 aromatic carbocycles. The van der Waals surface area contributed by atoms with Gasteiger partial charge >= 0.3 is 0 Å². The Kier molecular flexibility index (Phi) is 2.49. The topological polar surface area (TPSA) is 34.4 Å². The summed E-state index contributed by atoms with van der Waals surface area (Å²) in [5.41, 5.74) is 1.07. The van der Waals surface area contributed by atoms with Crippen molar-refractivity contribution in [2.24, 2.45) is 0 Å². The van der Waals surface area contributed by atoms with Gasteiger partial charge in [0, 0.05) is 6.20 Å². The van der Waals surface area contributed by atoms with E-state index in [0.29, 0.717) is 16.4 Å². The van der Waals surface area contributed by atoms with Crippen LogP contribution in [0.4, 0.5) is 0 Å². The van der Waals surface area contributed by atoms with Gasteiger partial charge in [0.05, 0.1) is 5.56 Å². The summed E-state index contributed by atoms with van der Waals surface area (Å²) >= 11 is 5.98. The average Bonchev–Trinajstić information content (AvgIpc) is 2.17. The highest BCUT2D eigenvalue weighted by atomic mass is 35.5. The van der Waals surface area contributed by atoms with Gasteiger partial charge in [0.1, 0.15) is 10.8 Å². The summed E-state index contributed by atoms with van der Waals surface area (Å²) in [6.07, 6.45) is 1.70. The zero-order valence-electron chi connectivity index (χ0n) is 8.57. The normalized spacial score (nSPS) is 11.2. The molecule has 2 heterocycles. The molecule has 0 spiro atoms. The van der Waals surface area contributed by atoms with E-state index in [1.165, 1.54) is 4.40 Å². The fourth-order valence-corrected chi connectivity index (χ4v) is 1.95. The van der Waals surface area contributed by atoms with E-state index in [2.05, 4.69) is 4.98 Å². The molecule has 0 unspecified atom stereocenters. The Morgan fingerprint density at radius 1 is 1.40 bits per heavy atom. The molecule has 15 heavy (non-hydrogen) atoms. The third-order valence-corrected chi connectivity index (χ3v) is 2.59. The monoisotopic (exact) mass is 222 g/mol. The highest BCUT2D eigenvalue weighted by Gasteiger charge is 2.13. The summed E-state index contributed by atoms with van der Waals surface area (Å²) in [5, 5.41) is 0.307. The standard InChI is InChI=1S/C11H11ClN2O/c1-7(2)9-10(12)13-8-5-3-4-6-14(8)11(9)15/h3-7H,1-2H3. The highest BCUT2D eigenvalue weighted by Crippen LogP contribution is 2.18. The number of hydrogen-bond acceptors (Lipinski definition) is 2. The summed E-state index contributed by atoms with van der Waals surface area (Å²) in [4.78, 5) is 16.2. The lowest BCUT2D eigenvalue weighted by Gasteiger charge is -2.08. The number of aromatic nitrogens is 2. The average molecular weight is 223 g/mol. The molecule has 0 aliphatic carbocycles. The largest absolute Gasteiger partial charge is 0.269 e. The molecule has 0 N–H and O–H groups in total. The van der Waals surface area contributed by atoms with Crippen molar-refractivity contribution < 1.29 is 0 Å². The van der Waals surface area contributed by atoms with Crippen LogP contribution in [0.3, 0.4) is 0 Å². The number of fused-ring (bicyclic) bond motifs is 1. The van der Waals surface area contributed by atoms with Crippen molar-refractivity contribution in [2.45, 2.75) is 19.8 Å². The fraction of sp³-hybridized carbons (Fsp3) is 0.273. The van der Waals surface area contributed by atoms with Crippen molar-refractivity contribution >= 4 is 17.2 Å². The maximum absolute atomic E-state index is 12.0. The van der Waals surface area contributed by atoms with Crippen molar-refractivity contribution in [3.63, 3.8) is 0 Å². The predicted octanol–water partition coefficient (Wildman–Crippen LogP) is 2.47. The second kappa shape index (κ2) is 3.66. The molecule has 0 radical (unpaired) electrons. The quantitative estimate of drug-likeness (QED) is 0.695. The summed E-state index contributed by atoms with van der Waals surface area (Å²) in [5.74, 6) is 0.0783. The summed E-state index contributed by atoms with van der Waals surface area (Å²) < 4.78 is 1.52. The molecule has 0 aliphatic rings. The lowest BCUT2D eigenvalue weighted by atomic mass is 10.1. The van der Waals surface area contributed by atoms with Gasteiger partial charge < -0.3 is 0 Å². The van der Waals surface area contributed by atoms with Crippen molar-refractivity contribution in [3.05, 3.63) is 45.5 Å². The minimum atomic E-state index is -0.0828. The molecule has 2 aromatic rings. The van der Waals surface area contributed by atoms with Gasteiger partial charge in [-0.1, -0.05) is 31.5 Å². The Labute approximate surface area is 92.3 Å². The predicted molar refractivity (Wildman–Crippen MR) is 60.6 cm³/mol. The molecule has 0 bridgehead atoms. The van der Waals surface area contributed by atoms with E-state index < -0.39 is 0 Å². The van der Waals surface area contributed by atoms with Crippen LogP contribution in [0.2, 0.25) is 5.15 Å². The van der Waals surface area contributed by atoms with Crippen LogP contribution in [0.25, 0.3) is 5.65 Å². The second-order valence-corrected chi connectivity index (χ2v) is 4.06. The number of halogens is 1. The first kappa shape index (κ1) is 10.2. The van der Waals surface area contributed by atoms with Gasteiger partial charge in [-0.3, -0.25) is 9.20 Å². The van der Waals surface area contributed by atoms with E-state index in [-0.39, 0.29) is 11.5 Å². The molecule has 3 nitrogen and oxygen atoms in total. The van der Waals surface area contributed by atoms with Crippen LogP contribution >= 0.6 is 11.6 Å². The van der Waals surface area contributed by atoms with E-state index in [0.717, 1.165) is 0 Å². The smallest absolute Gasteiger partial charge is 0.262 e. The maximum Gasteiger partial charge on any atom is 0.262 e. The molecule has 0 amide bonds.